The fraction of sp³-hybridized carbons (Fsp3) is 0.500. The van der Waals surface area contributed by atoms with E-state index in [0.29, 0.717) is 31.7 Å². The van der Waals surface area contributed by atoms with Gasteiger partial charge in [0, 0.05) is 31.6 Å². The molecule has 1 aliphatic heterocycles. The second kappa shape index (κ2) is 5.28. The molecule has 18 heavy (non-hydrogen) atoms. The number of carbonyl (C=O) groups is 1. The minimum absolute atomic E-state index is 0.0369. The lowest BCUT2D eigenvalue weighted by molar-refractivity contribution is 0.0699. The quantitative estimate of drug-likeness (QED) is 0.804. The van der Waals surface area contributed by atoms with Gasteiger partial charge >= 0.3 is 0 Å². The van der Waals surface area contributed by atoms with E-state index >= 15 is 0 Å². The molecule has 1 aliphatic rings. The van der Waals surface area contributed by atoms with Crippen LogP contribution in [0.15, 0.2) is 15.2 Å². The Morgan fingerprint density at radius 1 is 1.33 bits per heavy atom. The summed E-state index contributed by atoms with van der Waals surface area (Å²) >= 11 is 4.78. The van der Waals surface area contributed by atoms with E-state index in [4.69, 9.17) is 0 Å². The third-order valence-electron chi connectivity index (χ3n) is 2.81. The number of amides is 1. The fourth-order valence-corrected chi connectivity index (χ4v) is 3.78. The minimum Gasteiger partial charge on any atom is -0.336 e. The van der Waals surface area contributed by atoms with Crippen molar-refractivity contribution in [3.8, 4) is 0 Å². The van der Waals surface area contributed by atoms with E-state index in [1.807, 2.05) is 0 Å². The number of halogens is 1. The van der Waals surface area contributed by atoms with E-state index in [1.54, 1.807) is 16.3 Å². The van der Waals surface area contributed by atoms with Crippen molar-refractivity contribution in [2.45, 2.75) is 0 Å². The average Bonchev–Trinajstić information content (AvgIpc) is 2.74. The topological polar surface area (TPSA) is 57.7 Å². The molecule has 1 fully saturated rings. The van der Waals surface area contributed by atoms with Crippen molar-refractivity contribution < 1.29 is 13.2 Å². The number of nitrogens with zero attached hydrogens (tertiary/aromatic N) is 2. The lowest BCUT2D eigenvalue weighted by atomic mass is 10.2. The Morgan fingerprint density at radius 3 is 2.39 bits per heavy atom. The molecule has 1 amide bonds. The van der Waals surface area contributed by atoms with E-state index in [1.165, 1.54) is 21.9 Å². The summed E-state index contributed by atoms with van der Waals surface area (Å²) in [5.41, 5.74) is 0.652. The van der Waals surface area contributed by atoms with Crippen molar-refractivity contribution >= 4 is 43.2 Å². The van der Waals surface area contributed by atoms with Gasteiger partial charge in [-0.3, -0.25) is 4.79 Å². The van der Waals surface area contributed by atoms with Crippen LogP contribution < -0.4 is 0 Å². The summed E-state index contributed by atoms with van der Waals surface area (Å²) < 4.78 is 25.0. The summed E-state index contributed by atoms with van der Waals surface area (Å²) in [5, 5.41) is 1.80. The normalized spacial score (nSPS) is 18.0. The first-order valence-corrected chi connectivity index (χ1v) is 8.88. The molecule has 0 radical (unpaired) electrons. The Balaban J connectivity index is 2.00. The molecule has 0 spiro atoms. The molecule has 0 atom stereocenters. The highest BCUT2D eigenvalue weighted by Gasteiger charge is 2.26. The largest absolute Gasteiger partial charge is 0.336 e. The van der Waals surface area contributed by atoms with Gasteiger partial charge in [0.2, 0.25) is 10.0 Å². The molecule has 1 aromatic heterocycles. The van der Waals surface area contributed by atoms with Crippen molar-refractivity contribution in [3.05, 3.63) is 20.8 Å². The van der Waals surface area contributed by atoms with Crippen LogP contribution in [0.5, 0.6) is 0 Å². The van der Waals surface area contributed by atoms with Gasteiger partial charge in [0.15, 0.2) is 0 Å². The smallest absolute Gasteiger partial charge is 0.254 e. The van der Waals surface area contributed by atoms with Gasteiger partial charge in [0.05, 0.1) is 15.6 Å². The number of piperazine rings is 1. The third-order valence-corrected chi connectivity index (χ3v) is 5.62. The molecule has 8 heteroatoms. The lowest BCUT2D eigenvalue weighted by Gasteiger charge is -2.33. The van der Waals surface area contributed by atoms with Gasteiger partial charge in [-0.25, -0.2) is 8.42 Å². The van der Waals surface area contributed by atoms with Crippen LogP contribution in [0.2, 0.25) is 0 Å². The molecule has 0 N–H and O–H groups in total. The summed E-state index contributed by atoms with van der Waals surface area (Å²) in [5.74, 6) is -0.0369. The van der Waals surface area contributed by atoms with Gasteiger partial charge in [-0.2, -0.15) is 4.31 Å². The predicted octanol–water partition coefficient (Wildman–Crippen LogP) is 1.23. The van der Waals surface area contributed by atoms with E-state index in [9.17, 15) is 13.2 Å². The van der Waals surface area contributed by atoms with Gasteiger partial charge in [0.25, 0.3) is 5.91 Å². The van der Waals surface area contributed by atoms with E-state index in [2.05, 4.69) is 15.9 Å². The van der Waals surface area contributed by atoms with Crippen LogP contribution in [0.1, 0.15) is 10.4 Å². The third kappa shape index (κ3) is 3.11. The van der Waals surface area contributed by atoms with Crippen LogP contribution in [0.4, 0.5) is 0 Å². The molecule has 1 aromatic rings. The number of carbonyl (C=O) groups excluding carboxylic acids is 1. The Labute approximate surface area is 119 Å². The maximum Gasteiger partial charge on any atom is 0.254 e. The van der Waals surface area contributed by atoms with Crippen LogP contribution >= 0.6 is 27.3 Å². The summed E-state index contributed by atoms with van der Waals surface area (Å²) in [6, 6.07) is 1.79. The zero-order valence-corrected chi connectivity index (χ0v) is 13.0. The van der Waals surface area contributed by atoms with Crippen molar-refractivity contribution in [3.63, 3.8) is 0 Å². The van der Waals surface area contributed by atoms with Gasteiger partial charge in [-0.1, -0.05) is 0 Å². The first-order chi connectivity index (χ1) is 8.38. The molecular weight excluding hydrogens is 340 g/mol. The fourth-order valence-electron chi connectivity index (χ4n) is 1.83. The molecule has 2 rings (SSSR count). The summed E-state index contributed by atoms with van der Waals surface area (Å²) in [6.45, 7) is 1.63. The molecule has 0 aliphatic carbocycles. The van der Waals surface area contributed by atoms with Crippen LogP contribution in [-0.4, -0.2) is 56.0 Å². The number of hydrogen-bond acceptors (Lipinski definition) is 4. The van der Waals surface area contributed by atoms with Crippen molar-refractivity contribution in [2.24, 2.45) is 0 Å². The second-order valence-corrected chi connectivity index (χ2v) is 8.37. The zero-order valence-electron chi connectivity index (χ0n) is 9.80. The van der Waals surface area contributed by atoms with Gasteiger partial charge < -0.3 is 4.90 Å². The SMILES string of the molecule is CS(=O)(=O)N1CCN(C(=O)c2csc(Br)c2)CC1. The summed E-state index contributed by atoms with van der Waals surface area (Å²) in [4.78, 5) is 13.8. The standard InChI is InChI=1S/C10H13BrN2O3S2/c1-18(15,16)13-4-2-12(3-5-13)10(14)8-6-9(11)17-7-8/h6-7H,2-5H2,1H3. The zero-order chi connectivity index (χ0) is 13.3. The monoisotopic (exact) mass is 352 g/mol. The Hall–Kier alpha value is -0.440. The highest BCUT2D eigenvalue weighted by molar-refractivity contribution is 9.11. The van der Waals surface area contributed by atoms with Gasteiger partial charge in [-0.15, -0.1) is 11.3 Å². The van der Waals surface area contributed by atoms with Gasteiger partial charge in [-0.05, 0) is 22.0 Å². The van der Waals surface area contributed by atoms with Crippen LogP contribution in [0.25, 0.3) is 0 Å². The molecular formula is C10H13BrN2O3S2. The maximum absolute atomic E-state index is 12.1. The minimum atomic E-state index is -3.15. The highest BCUT2D eigenvalue weighted by Crippen LogP contribution is 2.22. The molecule has 100 valence electrons. The van der Waals surface area contributed by atoms with Gasteiger partial charge in [0.1, 0.15) is 0 Å². The lowest BCUT2D eigenvalue weighted by Crippen LogP contribution is -2.50. The Kier molecular flexibility index (Phi) is 4.10. The number of sulfonamides is 1. The Morgan fingerprint density at radius 2 is 1.94 bits per heavy atom. The molecule has 0 bridgehead atoms. The molecule has 2 heterocycles. The van der Waals surface area contributed by atoms with Crippen LogP contribution in [0.3, 0.4) is 0 Å². The Bertz CT molecular complexity index is 547. The first kappa shape index (κ1) is 14.0. The molecule has 0 saturated carbocycles. The summed E-state index contributed by atoms with van der Waals surface area (Å²) in [7, 11) is -3.15. The molecule has 5 nitrogen and oxygen atoms in total. The molecule has 0 unspecified atom stereocenters. The van der Waals surface area contributed by atoms with E-state index in [0.717, 1.165) is 3.79 Å². The molecule has 1 saturated heterocycles. The van der Waals surface area contributed by atoms with Crippen LogP contribution in [0, 0.1) is 0 Å². The average molecular weight is 353 g/mol. The molecule has 0 aromatic carbocycles. The van der Waals surface area contributed by atoms with Crippen molar-refractivity contribution in [2.75, 3.05) is 32.4 Å². The number of hydrogen-bond donors (Lipinski definition) is 0. The van der Waals surface area contributed by atoms with Crippen molar-refractivity contribution in [1.82, 2.24) is 9.21 Å². The predicted molar refractivity (Wildman–Crippen MR) is 74.3 cm³/mol. The highest BCUT2D eigenvalue weighted by atomic mass is 79.9. The number of rotatable bonds is 2. The van der Waals surface area contributed by atoms with Crippen LogP contribution in [-0.2, 0) is 10.0 Å². The van der Waals surface area contributed by atoms with Crippen molar-refractivity contribution in [1.29, 1.82) is 0 Å². The van der Waals surface area contributed by atoms with E-state index < -0.39 is 10.0 Å². The summed E-state index contributed by atoms with van der Waals surface area (Å²) in [6.07, 6.45) is 1.19. The first-order valence-electron chi connectivity index (χ1n) is 5.36. The second-order valence-electron chi connectivity index (χ2n) is 4.09. The van der Waals surface area contributed by atoms with E-state index in [-0.39, 0.29) is 5.91 Å². The number of thiophene rings is 1. The maximum atomic E-state index is 12.1.